The summed E-state index contributed by atoms with van der Waals surface area (Å²) in [6.07, 6.45) is -1.08. The SMILES string of the molecule is O=S1(=O)CC(OS(=O)(=O)O)C(c2ccccc2)C1. The zero-order chi connectivity index (χ0) is 13.4. The largest absolute Gasteiger partial charge is 0.397 e. The average Bonchev–Trinajstić information content (AvgIpc) is 2.52. The highest BCUT2D eigenvalue weighted by molar-refractivity contribution is 7.91. The van der Waals surface area contributed by atoms with Crippen LogP contribution in [0.1, 0.15) is 11.5 Å². The molecule has 0 aliphatic carbocycles. The van der Waals surface area contributed by atoms with Crippen LogP contribution in [0.2, 0.25) is 0 Å². The molecule has 2 atom stereocenters. The molecule has 100 valence electrons. The highest BCUT2D eigenvalue weighted by Crippen LogP contribution is 2.32. The van der Waals surface area contributed by atoms with E-state index < -0.39 is 38.0 Å². The molecule has 0 aromatic heterocycles. The zero-order valence-corrected chi connectivity index (χ0v) is 10.9. The summed E-state index contributed by atoms with van der Waals surface area (Å²) in [4.78, 5) is 0. The quantitative estimate of drug-likeness (QED) is 0.809. The lowest BCUT2D eigenvalue weighted by Crippen LogP contribution is -2.24. The predicted molar refractivity (Wildman–Crippen MR) is 64.3 cm³/mol. The van der Waals surface area contributed by atoms with Crippen molar-refractivity contribution in [2.45, 2.75) is 12.0 Å². The van der Waals surface area contributed by atoms with Crippen LogP contribution < -0.4 is 0 Å². The molecule has 18 heavy (non-hydrogen) atoms. The number of hydrogen-bond donors (Lipinski definition) is 1. The van der Waals surface area contributed by atoms with Gasteiger partial charge in [-0.1, -0.05) is 30.3 Å². The lowest BCUT2D eigenvalue weighted by Gasteiger charge is -2.16. The maximum Gasteiger partial charge on any atom is 0.397 e. The molecule has 6 nitrogen and oxygen atoms in total. The van der Waals surface area contributed by atoms with Crippen molar-refractivity contribution >= 4 is 20.2 Å². The van der Waals surface area contributed by atoms with Crippen molar-refractivity contribution in [3.63, 3.8) is 0 Å². The van der Waals surface area contributed by atoms with E-state index in [2.05, 4.69) is 4.18 Å². The molecule has 0 radical (unpaired) electrons. The van der Waals surface area contributed by atoms with Gasteiger partial charge in [-0.2, -0.15) is 8.42 Å². The molecule has 2 unspecified atom stereocenters. The first-order valence-corrected chi connectivity index (χ1v) is 8.36. The van der Waals surface area contributed by atoms with Crippen LogP contribution in [0.5, 0.6) is 0 Å². The molecule has 1 heterocycles. The number of hydrogen-bond acceptors (Lipinski definition) is 5. The predicted octanol–water partition coefficient (Wildman–Crippen LogP) is 0.387. The van der Waals surface area contributed by atoms with Gasteiger partial charge in [0.25, 0.3) is 0 Å². The molecular formula is C10H12O6S2. The van der Waals surface area contributed by atoms with E-state index in [9.17, 15) is 16.8 Å². The van der Waals surface area contributed by atoms with E-state index in [1.165, 1.54) is 0 Å². The summed E-state index contributed by atoms with van der Waals surface area (Å²) in [6.45, 7) is 0. The molecule has 1 aliphatic rings. The fraction of sp³-hybridized carbons (Fsp3) is 0.400. The second-order valence-electron chi connectivity index (χ2n) is 4.16. The Morgan fingerprint density at radius 1 is 1.17 bits per heavy atom. The van der Waals surface area contributed by atoms with E-state index in [1.54, 1.807) is 30.3 Å². The molecule has 0 spiro atoms. The summed E-state index contributed by atoms with van der Waals surface area (Å²) in [7, 11) is -8.03. The first-order chi connectivity index (χ1) is 8.27. The third-order valence-corrected chi connectivity index (χ3v) is 4.97. The topological polar surface area (TPSA) is 97.7 Å². The van der Waals surface area contributed by atoms with Crippen LogP contribution in [0.3, 0.4) is 0 Å². The van der Waals surface area contributed by atoms with E-state index in [0.717, 1.165) is 0 Å². The van der Waals surface area contributed by atoms with Gasteiger partial charge in [0, 0.05) is 5.92 Å². The minimum Gasteiger partial charge on any atom is -0.264 e. The zero-order valence-electron chi connectivity index (χ0n) is 9.26. The van der Waals surface area contributed by atoms with Gasteiger partial charge in [0.05, 0.1) is 11.5 Å². The first kappa shape index (κ1) is 13.5. The summed E-state index contributed by atoms with van der Waals surface area (Å²) in [6, 6.07) is 8.62. The maximum absolute atomic E-state index is 11.6. The van der Waals surface area contributed by atoms with Crippen LogP contribution in [0, 0.1) is 0 Å². The van der Waals surface area contributed by atoms with E-state index >= 15 is 0 Å². The second kappa shape index (κ2) is 4.61. The van der Waals surface area contributed by atoms with Crippen molar-refractivity contribution in [1.29, 1.82) is 0 Å². The maximum atomic E-state index is 11.6. The minimum atomic E-state index is -4.66. The van der Waals surface area contributed by atoms with Gasteiger partial charge in [0.1, 0.15) is 6.10 Å². The number of benzene rings is 1. The average molecular weight is 292 g/mol. The summed E-state index contributed by atoms with van der Waals surface area (Å²) >= 11 is 0. The van der Waals surface area contributed by atoms with Gasteiger partial charge >= 0.3 is 10.4 Å². The second-order valence-corrected chi connectivity index (χ2v) is 7.36. The molecule has 1 fully saturated rings. The van der Waals surface area contributed by atoms with Crippen LogP contribution in [0.25, 0.3) is 0 Å². The molecule has 1 aliphatic heterocycles. The molecule has 0 amide bonds. The van der Waals surface area contributed by atoms with Crippen molar-refractivity contribution in [3.05, 3.63) is 35.9 Å². The Morgan fingerprint density at radius 2 is 1.78 bits per heavy atom. The van der Waals surface area contributed by atoms with Crippen LogP contribution >= 0.6 is 0 Å². The van der Waals surface area contributed by atoms with Crippen LogP contribution in [0.4, 0.5) is 0 Å². The molecule has 1 aromatic carbocycles. The Hall–Kier alpha value is -0.960. The Kier molecular flexibility index (Phi) is 3.45. The molecule has 2 rings (SSSR count). The molecule has 8 heteroatoms. The highest BCUT2D eigenvalue weighted by atomic mass is 32.3. The summed E-state index contributed by atoms with van der Waals surface area (Å²) in [5.74, 6) is -1.18. The third kappa shape index (κ3) is 3.29. The van der Waals surface area contributed by atoms with Crippen LogP contribution in [-0.4, -0.2) is 39.0 Å². The van der Waals surface area contributed by atoms with Gasteiger partial charge in [0.2, 0.25) is 0 Å². The fourth-order valence-corrected chi connectivity index (χ4v) is 4.57. The summed E-state index contributed by atoms with van der Waals surface area (Å²) in [5, 5.41) is 0. The number of rotatable bonds is 3. The Balaban J connectivity index is 2.32. The Labute approximate surface area is 105 Å². The standard InChI is InChI=1S/C10H12O6S2/c11-17(12)6-9(8-4-2-1-3-5-8)10(7-17)16-18(13,14)15/h1-5,9-10H,6-7H2,(H,13,14,15). The fourth-order valence-electron chi connectivity index (χ4n) is 2.08. The van der Waals surface area contributed by atoms with Crippen LogP contribution in [-0.2, 0) is 24.4 Å². The van der Waals surface area contributed by atoms with Gasteiger partial charge in [-0.3, -0.25) is 4.55 Å². The van der Waals surface area contributed by atoms with E-state index in [-0.39, 0.29) is 5.75 Å². The van der Waals surface area contributed by atoms with Gasteiger partial charge in [-0.25, -0.2) is 12.6 Å². The van der Waals surface area contributed by atoms with Crippen molar-refractivity contribution in [3.8, 4) is 0 Å². The lowest BCUT2D eigenvalue weighted by molar-refractivity contribution is 0.187. The Morgan fingerprint density at radius 3 is 2.33 bits per heavy atom. The molecular weight excluding hydrogens is 280 g/mol. The van der Waals surface area contributed by atoms with Crippen molar-refractivity contribution in [2.24, 2.45) is 0 Å². The van der Waals surface area contributed by atoms with Crippen molar-refractivity contribution < 1.29 is 25.6 Å². The number of sulfone groups is 1. The highest BCUT2D eigenvalue weighted by Gasteiger charge is 2.41. The van der Waals surface area contributed by atoms with Crippen molar-refractivity contribution in [1.82, 2.24) is 0 Å². The monoisotopic (exact) mass is 292 g/mol. The molecule has 0 bridgehead atoms. The van der Waals surface area contributed by atoms with E-state index in [1.807, 2.05) is 0 Å². The van der Waals surface area contributed by atoms with Gasteiger partial charge in [-0.05, 0) is 5.56 Å². The minimum absolute atomic E-state index is 0.183. The van der Waals surface area contributed by atoms with E-state index in [4.69, 9.17) is 4.55 Å². The van der Waals surface area contributed by atoms with E-state index in [0.29, 0.717) is 5.56 Å². The van der Waals surface area contributed by atoms with Gasteiger partial charge < -0.3 is 0 Å². The van der Waals surface area contributed by atoms with Crippen molar-refractivity contribution in [2.75, 3.05) is 11.5 Å². The molecule has 1 aromatic rings. The Bertz CT molecular complexity index is 620. The third-order valence-electron chi connectivity index (χ3n) is 2.77. The summed E-state index contributed by atoms with van der Waals surface area (Å²) < 4.78 is 57.7. The van der Waals surface area contributed by atoms with Gasteiger partial charge in [-0.15, -0.1) is 0 Å². The molecule has 0 saturated carbocycles. The first-order valence-electron chi connectivity index (χ1n) is 5.18. The normalized spacial score (nSPS) is 27.2. The lowest BCUT2D eigenvalue weighted by atomic mass is 9.97. The van der Waals surface area contributed by atoms with Crippen LogP contribution in [0.15, 0.2) is 30.3 Å². The molecule has 1 N–H and O–H groups in total. The smallest absolute Gasteiger partial charge is 0.264 e. The summed E-state index contributed by atoms with van der Waals surface area (Å²) in [5.41, 5.74) is 0.673. The van der Waals surface area contributed by atoms with Gasteiger partial charge in [0.15, 0.2) is 9.84 Å². The molecule has 1 saturated heterocycles.